The largest absolute Gasteiger partial charge is 0.357 e. The first-order valence-corrected chi connectivity index (χ1v) is 7.41. The zero-order valence-corrected chi connectivity index (χ0v) is 16.3. The first kappa shape index (κ1) is 20.2. The maximum atomic E-state index is 4.58. The van der Waals surface area contributed by atoms with Crippen LogP contribution in [0, 0.1) is 5.41 Å². The Morgan fingerprint density at radius 3 is 2.57 bits per heavy atom. The van der Waals surface area contributed by atoms with Gasteiger partial charge < -0.3 is 10.6 Å². The van der Waals surface area contributed by atoms with Crippen LogP contribution < -0.4 is 10.6 Å². The maximum Gasteiger partial charge on any atom is 0.191 e. The van der Waals surface area contributed by atoms with Gasteiger partial charge in [0.05, 0.1) is 12.2 Å². The second-order valence-corrected chi connectivity index (χ2v) is 6.23. The van der Waals surface area contributed by atoms with Crippen molar-refractivity contribution in [1.82, 2.24) is 20.4 Å². The fourth-order valence-electron chi connectivity index (χ4n) is 1.88. The molecular formula is C15H30IN5. The summed E-state index contributed by atoms with van der Waals surface area (Å²) in [5.74, 6) is 0.877. The van der Waals surface area contributed by atoms with E-state index in [4.69, 9.17) is 0 Å². The van der Waals surface area contributed by atoms with Crippen molar-refractivity contribution in [3.8, 4) is 0 Å². The Labute approximate surface area is 146 Å². The summed E-state index contributed by atoms with van der Waals surface area (Å²) in [6.07, 6.45) is 4.16. The maximum absolute atomic E-state index is 4.58. The number of nitrogens with zero attached hydrogens (tertiary/aromatic N) is 3. The normalized spacial score (nSPS) is 12.0. The number of halogens is 1. The first-order chi connectivity index (χ1) is 9.42. The van der Waals surface area contributed by atoms with Crippen LogP contribution in [-0.2, 0) is 13.6 Å². The third-order valence-corrected chi connectivity index (χ3v) is 3.06. The molecule has 2 N–H and O–H groups in total. The van der Waals surface area contributed by atoms with Crippen molar-refractivity contribution < 1.29 is 0 Å². The van der Waals surface area contributed by atoms with Crippen molar-refractivity contribution in [2.24, 2.45) is 17.5 Å². The summed E-state index contributed by atoms with van der Waals surface area (Å²) >= 11 is 0. The molecule has 6 heteroatoms. The molecular weight excluding hydrogens is 377 g/mol. The lowest BCUT2D eigenvalue weighted by Crippen LogP contribution is -2.38. The number of guanidine groups is 1. The van der Waals surface area contributed by atoms with Crippen molar-refractivity contribution in [2.45, 2.75) is 47.1 Å². The zero-order chi connectivity index (χ0) is 15.0. The molecule has 0 fully saturated rings. The minimum Gasteiger partial charge on any atom is -0.357 e. The van der Waals surface area contributed by atoms with Gasteiger partial charge in [0.15, 0.2) is 5.96 Å². The summed E-state index contributed by atoms with van der Waals surface area (Å²) in [6.45, 7) is 11.4. The van der Waals surface area contributed by atoms with Gasteiger partial charge in [-0.2, -0.15) is 5.10 Å². The molecule has 0 bridgehead atoms. The molecule has 5 nitrogen and oxygen atoms in total. The van der Waals surface area contributed by atoms with Crippen LogP contribution in [0.15, 0.2) is 17.3 Å². The number of hydrogen-bond donors (Lipinski definition) is 2. The number of rotatable bonds is 6. The van der Waals surface area contributed by atoms with E-state index < -0.39 is 0 Å². The fourth-order valence-corrected chi connectivity index (χ4v) is 1.88. The second kappa shape index (κ2) is 10.0. The van der Waals surface area contributed by atoms with Gasteiger partial charge in [-0.05, 0) is 31.2 Å². The Balaban J connectivity index is 0.00000400. The van der Waals surface area contributed by atoms with E-state index in [1.165, 1.54) is 6.42 Å². The van der Waals surface area contributed by atoms with Crippen molar-refractivity contribution in [3.63, 3.8) is 0 Å². The van der Waals surface area contributed by atoms with Crippen LogP contribution in [0.5, 0.6) is 0 Å². The molecule has 0 saturated carbocycles. The highest BCUT2D eigenvalue weighted by Gasteiger charge is 2.09. The summed E-state index contributed by atoms with van der Waals surface area (Å²) in [5.41, 5.74) is 1.50. The number of aromatic nitrogens is 2. The zero-order valence-electron chi connectivity index (χ0n) is 13.9. The van der Waals surface area contributed by atoms with Gasteiger partial charge >= 0.3 is 0 Å². The van der Waals surface area contributed by atoms with Crippen LogP contribution in [-0.4, -0.2) is 28.8 Å². The molecule has 0 atom stereocenters. The highest BCUT2D eigenvalue weighted by atomic mass is 127. The van der Waals surface area contributed by atoms with Crippen LogP contribution in [0.25, 0.3) is 0 Å². The van der Waals surface area contributed by atoms with Gasteiger partial charge in [-0.15, -0.1) is 24.0 Å². The molecule has 0 spiro atoms. The summed E-state index contributed by atoms with van der Waals surface area (Å²) in [4.78, 5) is 4.58. The van der Waals surface area contributed by atoms with Crippen LogP contribution >= 0.6 is 24.0 Å². The Morgan fingerprint density at radius 1 is 1.33 bits per heavy atom. The number of aliphatic imine (C=N–C) groups is 1. The second-order valence-electron chi connectivity index (χ2n) is 6.23. The molecule has 1 aromatic heterocycles. The number of hydrogen-bond acceptors (Lipinski definition) is 2. The molecule has 1 aromatic rings. The highest BCUT2D eigenvalue weighted by Crippen LogP contribution is 2.19. The summed E-state index contributed by atoms with van der Waals surface area (Å²) in [6, 6.07) is 1.99. The molecule has 0 aliphatic rings. The van der Waals surface area contributed by atoms with Gasteiger partial charge in [0.1, 0.15) is 0 Å². The molecule has 0 saturated heterocycles. The Hall–Kier alpha value is -0.790. The van der Waals surface area contributed by atoms with Gasteiger partial charge in [-0.3, -0.25) is 4.68 Å². The number of nitrogens with one attached hydrogen (secondary N) is 2. The molecule has 0 radical (unpaired) electrons. The third-order valence-electron chi connectivity index (χ3n) is 3.06. The predicted molar refractivity (Wildman–Crippen MR) is 100 cm³/mol. The molecule has 1 rings (SSSR count). The van der Waals surface area contributed by atoms with E-state index in [0.29, 0.717) is 12.0 Å². The average Bonchev–Trinajstić information content (AvgIpc) is 2.76. The van der Waals surface area contributed by atoms with E-state index in [0.717, 1.165) is 31.2 Å². The summed E-state index contributed by atoms with van der Waals surface area (Å²) in [5, 5.41) is 10.8. The third kappa shape index (κ3) is 8.95. The Morgan fingerprint density at radius 2 is 2.05 bits per heavy atom. The van der Waals surface area contributed by atoms with Crippen LogP contribution in [0.3, 0.4) is 0 Å². The van der Waals surface area contributed by atoms with Crippen molar-refractivity contribution in [2.75, 3.05) is 13.1 Å². The number of aryl methyl sites for hydroxylation is 1. The van der Waals surface area contributed by atoms with Gasteiger partial charge in [0.2, 0.25) is 0 Å². The average molecular weight is 407 g/mol. The van der Waals surface area contributed by atoms with E-state index >= 15 is 0 Å². The fraction of sp³-hybridized carbons (Fsp3) is 0.733. The molecule has 0 amide bonds. The minimum atomic E-state index is 0. The van der Waals surface area contributed by atoms with Crippen LogP contribution in [0.4, 0.5) is 0 Å². The quantitative estimate of drug-likeness (QED) is 0.330. The lowest BCUT2D eigenvalue weighted by Gasteiger charge is -2.18. The summed E-state index contributed by atoms with van der Waals surface area (Å²) < 4.78 is 1.85. The lowest BCUT2D eigenvalue weighted by molar-refractivity contribution is 0.365. The molecule has 0 aliphatic heterocycles. The van der Waals surface area contributed by atoms with E-state index in [1.807, 2.05) is 17.8 Å². The SMILES string of the molecule is CCNC(=NCc1ccnn1C)NCCCC(C)(C)C.I. The van der Waals surface area contributed by atoms with E-state index in [2.05, 4.69) is 48.4 Å². The molecule has 21 heavy (non-hydrogen) atoms. The van der Waals surface area contributed by atoms with Crippen LogP contribution in [0.1, 0.15) is 46.2 Å². The van der Waals surface area contributed by atoms with Crippen molar-refractivity contribution in [1.29, 1.82) is 0 Å². The standard InChI is InChI=1S/C15H29N5.HI/c1-6-16-14(17-10-7-9-15(2,3)4)18-12-13-8-11-19-20(13)5;/h8,11H,6-7,9-10,12H2,1-5H3,(H2,16,17,18);1H. The molecule has 0 unspecified atom stereocenters. The predicted octanol–water partition coefficient (Wildman–Crippen LogP) is 2.92. The molecule has 0 aliphatic carbocycles. The first-order valence-electron chi connectivity index (χ1n) is 7.41. The smallest absolute Gasteiger partial charge is 0.191 e. The molecule has 1 heterocycles. The minimum absolute atomic E-state index is 0. The van der Waals surface area contributed by atoms with E-state index in [9.17, 15) is 0 Å². The van der Waals surface area contributed by atoms with Gasteiger partial charge in [-0.1, -0.05) is 20.8 Å². The van der Waals surface area contributed by atoms with Gasteiger partial charge in [-0.25, -0.2) is 4.99 Å². The highest BCUT2D eigenvalue weighted by molar-refractivity contribution is 14.0. The molecule has 122 valence electrons. The van der Waals surface area contributed by atoms with Crippen molar-refractivity contribution >= 4 is 29.9 Å². The topological polar surface area (TPSA) is 54.2 Å². The van der Waals surface area contributed by atoms with Gasteiger partial charge in [0.25, 0.3) is 0 Å². The Bertz CT molecular complexity index is 420. The van der Waals surface area contributed by atoms with E-state index in [-0.39, 0.29) is 24.0 Å². The Kier molecular flexibility index (Phi) is 9.65. The van der Waals surface area contributed by atoms with Crippen molar-refractivity contribution in [3.05, 3.63) is 18.0 Å². The van der Waals surface area contributed by atoms with E-state index in [1.54, 1.807) is 6.20 Å². The molecule has 0 aromatic carbocycles. The monoisotopic (exact) mass is 407 g/mol. The van der Waals surface area contributed by atoms with Crippen LogP contribution in [0.2, 0.25) is 0 Å². The lowest BCUT2D eigenvalue weighted by atomic mass is 9.91. The summed E-state index contributed by atoms with van der Waals surface area (Å²) in [7, 11) is 1.94. The van der Waals surface area contributed by atoms with Gasteiger partial charge in [0, 0.05) is 26.3 Å².